The summed E-state index contributed by atoms with van der Waals surface area (Å²) in [6.07, 6.45) is -1.88. The van der Waals surface area contributed by atoms with Crippen LogP contribution in [0.4, 0.5) is 0 Å². The average molecular weight is 242 g/mol. The highest BCUT2D eigenvalue weighted by atomic mass is 16.5. The smallest absolute Gasteiger partial charge is 0.316 e. The molecule has 0 saturated carbocycles. The minimum atomic E-state index is -1.88. The lowest BCUT2D eigenvalue weighted by atomic mass is 9.99. The first kappa shape index (κ1) is 15.5. The highest BCUT2D eigenvalue weighted by Crippen LogP contribution is 2.18. The summed E-state index contributed by atoms with van der Waals surface area (Å²) in [4.78, 5) is 10.6. The van der Waals surface area contributed by atoms with E-state index in [-0.39, 0.29) is 0 Å². The van der Waals surface area contributed by atoms with Crippen molar-refractivity contribution in [3.8, 4) is 0 Å². The lowest BCUT2D eigenvalue weighted by Crippen LogP contribution is -2.25. The number of rotatable bonds is 4. The summed E-state index contributed by atoms with van der Waals surface area (Å²) < 4.78 is 0. The number of carboxylic acids is 1. The molecule has 6 nitrogen and oxygen atoms in total. The number of benzene rings is 1. The van der Waals surface area contributed by atoms with E-state index >= 15 is 0 Å². The van der Waals surface area contributed by atoms with Gasteiger partial charge in [-0.25, -0.2) is 0 Å². The zero-order chi connectivity index (χ0) is 13.3. The monoisotopic (exact) mass is 242 g/mol. The molecule has 1 unspecified atom stereocenters. The summed E-state index contributed by atoms with van der Waals surface area (Å²) in [5.74, 6) is -2.53. The molecule has 0 radical (unpaired) electrons. The molecule has 0 aliphatic heterocycles. The zero-order valence-corrected chi connectivity index (χ0v) is 9.36. The van der Waals surface area contributed by atoms with Crippen LogP contribution in [0.2, 0.25) is 0 Å². The third-order valence-electron chi connectivity index (χ3n) is 1.89. The van der Waals surface area contributed by atoms with Crippen molar-refractivity contribution < 1.29 is 20.1 Å². The van der Waals surface area contributed by atoms with E-state index in [4.69, 9.17) is 26.8 Å². The Labute approximate surface area is 99.5 Å². The first-order valence-electron chi connectivity index (χ1n) is 5.08. The van der Waals surface area contributed by atoms with Gasteiger partial charge < -0.3 is 26.8 Å². The maximum Gasteiger partial charge on any atom is 0.316 e. The van der Waals surface area contributed by atoms with E-state index in [9.17, 15) is 4.79 Å². The number of carbonyl (C=O) groups is 1. The summed E-state index contributed by atoms with van der Waals surface area (Å²) in [7, 11) is 0. The lowest BCUT2D eigenvalue weighted by molar-refractivity contribution is -0.150. The zero-order valence-electron chi connectivity index (χ0n) is 9.36. The SMILES string of the molecule is NCCN.O=C(O)C(c1ccccc1)C(O)O. The van der Waals surface area contributed by atoms with Crippen LogP contribution in [0.3, 0.4) is 0 Å². The molecule has 0 spiro atoms. The van der Waals surface area contributed by atoms with Crippen LogP contribution in [0.15, 0.2) is 30.3 Å². The fourth-order valence-electron chi connectivity index (χ4n) is 1.10. The first-order chi connectivity index (χ1) is 8.04. The van der Waals surface area contributed by atoms with Gasteiger partial charge in [0.25, 0.3) is 0 Å². The maximum atomic E-state index is 10.6. The Morgan fingerprint density at radius 2 is 1.59 bits per heavy atom. The van der Waals surface area contributed by atoms with Crippen LogP contribution in [0.1, 0.15) is 11.5 Å². The molecule has 1 aromatic carbocycles. The molecule has 6 heteroatoms. The van der Waals surface area contributed by atoms with Gasteiger partial charge in [0.2, 0.25) is 0 Å². The van der Waals surface area contributed by atoms with Crippen molar-refractivity contribution in [2.24, 2.45) is 11.5 Å². The first-order valence-corrected chi connectivity index (χ1v) is 5.08. The van der Waals surface area contributed by atoms with Crippen molar-refractivity contribution in [3.05, 3.63) is 35.9 Å². The molecule has 96 valence electrons. The minimum absolute atomic E-state index is 0.380. The molecule has 0 aliphatic carbocycles. The summed E-state index contributed by atoms with van der Waals surface area (Å²) in [5.41, 5.74) is 10.2. The van der Waals surface area contributed by atoms with E-state index in [0.29, 0.717) is 18.7 Å². The molecule has 0 aromatic heterocycles. The third-order valence-corrected chi connectivity index (χ3v) is 1.89. The van der Waals surface area contributed by atoms with Crippen LogP contribution in [0.25, 0.3) is 0 Å². The Morgan fingerprint density at radius 3 is 1.88 bits per heavy atom. The predicted octanol–water partition coefficient (Wildman–Crippen LogP) is -0.931. The van der Waals surface area contributed by atoms with Crippen LogP contribution >= 0.6 is 0 Å². The van der Waals surface area contributed by atoms with Crippen LogP contribution in [-0.2, 0) is 4.79 Å². The van der Waals surface area contributed by atoms with E-state index in [2.05, 4.69) is 0 Å². The summed E-state index contributed by atoms with van der Waals surface area (Å²) in [6, 6.07) is 8.10. The Morgan fingerprint density at radius 1 is 1.12 bits per heavy atom. The Balaban J connectivity index is 0.000000557. The second-order valence-electron chi connectivity index (χ2n) is 3.22. The van der Waals surface area contributed by atoms with Crippen LogP contribution in [-0.4, -0.2) is 40.7 Å². The van der Waals surface area contributed by atoms with Gasteiger partial charge in [-0.05, 0) is 5.56 Å². The fraction of sp³-hybridized carbons (Fsp3) is 0.364. The van der Waals surface area contributed by atoms with Gasteiger partial charge in [-0.3, -0.25) is 4.79 Å². The Bertz CT molecular complexity index is 315. The number of nitrogens with two attached hydrogens (primary N) is 2. The van der Waals surface area contributed by atoms with Crippen LogP contribution in [0, 0.1) is 0 Å². The standard InChI is InChI=1S/C9H10O4.C2H8N2/c10-8(11)7(9(12)13)6-4-2-1-3-5-6;3-1-2-4/h1-5,7-8,10-11H,(H,12,13);1-4H2. The van der Waals surface area contributed by atoms with E-state index < -0.39 is 18.2 Å². The lowest BCUT2D eigenvalue weighted by Gasteiger charge is -2.13. The van der Waals surface area contributed by atoms with Gasteiger partial charge in [0.15, 0.2) is 6.29 Å². The van der Waals surface area contributed by atoms with Crippen molar-refractivity contribution in [1.82, 2.24) is 0 Å². The molecular formula is C11H18N2O4. The normalized spacial score (nSPS) is 11.6. The highest BCUT2D eigenvalue weighted by Gasteiger charge is 2.26. The topological polar surface area (TPSA) is 130 Å². The fourth-order valence-corrected chi connectivity index (χ4v) is 1.10. The van der Waals surface area contributed by atoms with Gasteiger partial charge in [-0.2, -0.15) is 0 Å². The molecule has 0 heterocycles. The van der Waals surface area contributed by atoms with Crippen molar-refractivity contribution in [2.75, 3.05) is 13.1 Å². The van der Waals surface area contributed by atoms with Crippen molar-refractivity contribution in [2.45, 2.75) is 12.2 Å². The number of aliphatic hydroxyl groups is 2. The molecule has 0 fully saturated rings. The van der Waals surface area contributed by atoms with E-state index in [1.807, 2.05) is 0 Å². The van der Waals surface area contributed by atoms with Crippen LogP contribution < -0.4 is 11.5 Å². The van der Waals surface area contributed by atoms with E-state index in [1.54, 1.807) is 18.2 Å². The molecule has 17 heavy (non-hydrogen) atoms. The summed E-state index contributed by atoms with van der Waals surface area (Å²) in [5, 5.41) is 26.3. The molecular weight excluding hydrogens is 224 g/mol. The van der Waals surface area contributed by atoms with Crippen molar-refractivity contribution >= 4 is 5.97 Å². The molecule has 1 rings (SSSR count). The van der Waals surface area contributed by atoms with Gasteiger partial charge >= 0.3 is 5.97 Å². The predicted molar refractivity (Wildman–Crippen MR) is 63.2 cm³/mol. The second-order valence-corrected chi connectivity index (χ2v) is 3.22. The summed E-state index contributed by atoms with van der Waals surface area (Å²) >= 11 is 0. The molecule has 1 aromatic rings. The van der Waals surface area contributed by atoms with Gasteiger partial charge in [-0.1, -0.05) is 30.3 Å². The molecule has 0 amide bonds. The number of hydrogen-bond acceptors (Lipinski definition) is 5. The highest BCUT2D eigenvalue weighted by molar-refractivity contribution is 5.76. The molecule has 7 N–H and O–H groups in total. The number of aliphatic hydroxyl groups excluding tert-OH is 1. The molecule has 0 aliphatic rings. The Hall–Kier alpha value is -1.47. The molecule has 0 saturated heterocycles. The van der Waals surface area contributed by atoms with E-state index in [1.165, 1.54) is 12.1 Å². The number of hydrogen-bond donors (Lipinski definition) is 5. The van der Waals surface area contributed by atoms with Gasteiger partial charge in [0.05, 0.1) is 0 Å². The summed E-state index contributed by atoms with van der Waals surface area (Å²) in [6.45, 7) is 1.19. The van der Waals surface area contributed by atoms with Crippen LogP contribution in [0.5, 0.6) is 0 Å². The minimum Gasteiger partial charge on any atom is -0.481 e. The van der Waals surface area contributed by atoms with Crippen molar-refractivity contribution in [1.29, 1.82) is 0 Å². The van der Waals surface area contributed by atoms with Gasteiger partial charge in [-0.15, -0.1) is 0 Å². The molecule has 1 atom stereocenters. The third kappa shape index (κ3) is 5.98. The quantitative estimate of drug-likeness (QED) is 0.434. The maximum absolute atomic E-state index is 10.6. The largest absolute Gasteiger partial charge is 0.481 e. The second kappa shape index (κ2) is 8.66. The van der Waals surface area contributed by atoms with E-state index in [0.717, 1.165) is 0 Å². The van der Waals surface area contributed by atoms with Crippen molar-refractivity contribution in [3.63, 3.8) is 0 Å². The molecule has 0 bridgehead atoms. The number of aliphatic carboxylic acids is 1. The Kier molecular flexibility index (Phi) is 7.91. The average Bonchev–Trinajstić information content (AvgIpc) is 2.30. The van der Waals surface area contributed by atoms with Gasteiger partial charge in [0.1, 0.15) is 5.92 Å². The number of carboxylic acid groups (broad SMARTS) is 1. The van der Waals surface area contributed by atoms with Gasteiger partial charge in [0, 0.05) is 13.1 Å².